The van der Waals surface area contributed by atoms with Gasteiger partial charge >= 0.3 is 0 Å². The van der Waals surface area contributed by atoms with Crippen molar-refractivity contribution in [3.63, 3.8) is 0 Å². The van der Waals surface area contributed by atoms with E-state index in [9.17, 15) is 23.8 Å². The topological polar surface area (TPSA) is 114 Å². The number of rotatable bonds is 11. The Labute approximate surface area is 177 Å². The summed E-state index contributed by atoms with van der Waals surface area (Å²) < 4.78 is 28.2. The van der Waals surface area contributed by atoms with Crippen LogP contribution in [0.3, 0.4) is 0 Å². The van der Waals surface area contributed by atoms with Gasteiger partial charge in [-0.1, -0.05) is 12.1 Å². The molecule has 2 aromatic heterocycles. The summed E-state index contributed by atoms with van der Waals surface area (Å²) >= 11 is 0. The standard InChI is InChI=1S/C21H23F2N5O3/c22-17-3-1-2-14(6-17)4-5-24-21-19(28(13-31)10-15(11-29)12-30)7-18(23)20(27-21)16-8-25-26-9-16/h1-3,6-9,13,15,29-30H,4-5,10-12H2,(H,24,27)(H,25,26). The van der Waals surface area contributed by atoms with Crippen molar-refractivity contribution in [1.82, 2.24) is 15.2 Å². The molecule has 1 aromatic carbocycles. The van der Waals surface area contributed by atoms with Gasteiger partial charge in [-0.15, -0.1) is 0 Å². The minimum absolute atomic E-state index is 0.0265. The number of carbonyl (C=O) groups is 1. The highest BCUT2D eigenvalue weighted by Gasteiger charge is 2.21. The van der Waals surface area contributed by atoms with Crippen molar-refractivity contribution in [1.29, 1.82) is 0 Å². The fourth-order valence-electron chi connectivity index (χ4n) is 3.08. The van der Waals surface area contributed by atoms with E-state index in [-0.39, 0.29) is 42.8 Å². The molecule has 3 aromatic rings. The zero-order valence-electron chi connectivity index (χ0n) is 16.6. The minimum Gasteiger partial charge on any atom is -0.396 e. The smallest absolute Gasteiger partial charge is 0.214 e. The summed E-state index contributed by atoms with van der Waals surface area (Å²) in [6.07, 6.45) is 3.87. The molecule has 0 aliphatic carbocycles. The van der Waals surface area contributed by atoms with Crippen LogP contribution >= 0.6 is 0 Å². The van der Waals surface area contributed by atoms with Crippen LogP contribution in [0.4, 0.5) is 20.3 Å². The molecular formula is C21H23F2N5O3. The number of aromatic nitrogens is 3. The maximum Gasteiger partial charge on any atom is 0.214 e. The number of nitrogens with one attached hydrogen (secondary N) is 2. The predicted octanol–water partition coefficient (Wildman–Crippen LogP) is 1.97. The van der Waals surface area contributed by atoms with Gasteiger partial charge in [-0.2, -0.15) is 5.10 Å². The van der Waals surface area contributed by atoms with Crippen molar-refractivity contribution in [3.05, 3.63) is 59.9 Å². The Hall–Kier alpha value is -3.37. The molecule has 2 heterocycles. The number of aliphatic hydroxyl groups is 2. The molecule has 0 radical (unpaired) electrons. The van der Waals surface area contributed by atoms with Crippen molar-refractivity contribution < 1.29 is 23.8 Å². The molecule has 0 aliphatic rings. The van der Waals surface area contributed by atoms with Crippen molar-refractivity contribution >= 4 is 17.9 Å². The monoisotopic (exact) mass is 431 g/mol. The highest BCUT2D eigenvalue weighted by Crippen LogP contribution is 2.30. The molecule has 0 unspecified atom stereocenters. The predicted molar refractivity (Wildman–Crippen MR) is 111 cm³/mol. The van der Waals surface area contributed by atoms with E-state index in [0.717, 1.165) is 5.56 Å². The number of benzene rings is 1. The molecule has 10 heteroatoms. The van der Waals surface area contributed by atoms with E-state index in [1.54, 1.807) is 12.1 Å². The molecule has 0 fully saturated rings. The molecule has 0 aliphatic heterocycles. The van der Waals surface area contributed by atoms with E-state index in [4.69, 9.17) is 0 Å². The second kappa shape index (κ2) is 10.6. The Balaban J connectivity index is 1.90. The molecule has 164 valence electrons. The minimum atomic E-state index is -0.663. The van der Waals surface area contributed by atoms with Crippen LogP contribution in [0.2, 0.25) is 0 Å². The lowest BCUT2D eigenvalue weighted by atomic mass is 10.1. The lowest BCUT2D eigenvalue weighted by molar-refractivity contribution is -0.107. The van der Waals surface area contributed by atoms with Crippen LogP contribution < -0.4 is 10.2 Å². The third kappa shape index (κ3) is 5.62. The van der Waals surface area contributed by atoms with Crippen molar-refractivity contribution in [2.24, 2.45) is 5.92 Å². The highest BCUT2D eigenvalue weighted by molar-refractivity contribution is 5.83. The van der Waals surface area contributed by atoms with E-state index in [1.807, 2.05) is 0 Å². The first kappa shape index (κ1) is 22.3. The first-order valence-corrected chi connectivity index (χ1v) is 9.67. The molecular weight excluding hydrogens is 408 g/mol. The number of H-pyrrole nitrogens is 1. The summed E-state index contributed by atoms with van der Waals surface area (Å²) in [6.45, 7) is -0.365. The van der Waals surface area contributed by atoms with Crippen molar-refractivity contribution in [2.75, 3.05) is 36.5 Å². The molecule has 0 atom stereocenters. The van der Waals surface area contributed by atoms with Crippen LogP contribution in [0, 0.1) is 17.6 Å². The zero-order valence-corrected chi connectivity index (χ0v) is 16.6. The summed E-state index contributed by atoms with van der Waals surface area (Å²) in [5.74, 6) is -1.37. The number of aliphatic hydroxyl groups excluding tert-OH is 2. The Morgan fingerprint density at radius 1 is 1.23 bits per heavy atom. The Bertz CT molecular complexity index is 997. The SMILES string of the molecule is O=CN(CC(CO)CO)c1cc(F)c(-c2cn[nH]c2)nc1NCCc1cccc(F)c1. The second-order valence-electron chi connectivity index (χ2n) is 6.97. The van der Waals surface area contributed by atoms with Gasteiger partial charge in [-0.05, 0) is 24.1 Å². The molecule has 0 saturated carbocycles. The first-order valence-electron chi connectivity index (χ1n) is 9.67. The largest absolute Gasteiger partial charge is 0.396 e. The quantitative estimate of drug-likeness (QED) is 0.345. The van der Waals surface area contributed by atoms with Crippen molar-refractivity contribution in [3.8, 4) is 11.3 Å². The number of pyridine rings is 1. The number of aromatic amines is 1. The van der Waals surface area contributed by atoms with Gasteiger partial charge in [-0.25, -0.2) is 13.8 Å². The number of carbonyl (C=O) groups excluding carboxylic acids is 1. The van der Waals surface area contributed by atoms with Crippen LogP contribution in [0.15, 0.2) is 42.7 Å². The Morgan fingerprint density at radius 3 is 2.68 bits per heavy atom. The Morgan fingerprint density at radius 2 is 2.03 bits per heavy atom. The summed E-state index contributed by atoms with van der Waals surface area (Å²) in [5.41, 5.74) is 1.39. The lowest BCUT2D eigenvalue weighted by Gasteiger charge is -2.24. The average Bonchev–Trinajstić information content (AvgIpc) is 3.30. The number of amides is 1. The van der Waals surface area contributed by atoms with Gasteiger partial charge in [0.25, 0.3) is 0 Å². The highest BCUT2D eigenvalue weighted by atomic mass is 19.1. The van der Waals surface area contributed by atoms with Crippen LogP contribution in [0.1, 0.15) is 5.56 Å². The number of hydrogen-bond acceptors (Lipinski definition) is 6. The number of anilines is 2. The van der Waals surface area contributed by atoms with Crippen LogP contribution in [-0.4, -0.2) is 58.1 Å². The first-order chi connectivity index (χ1) is 15.0. The number of nitrogens with zero attached hydrogens (tertiary/aromatic N) is 3. The molecule has 0 spiro atoms. The van der Waals surface area contributed by atoms with Crippen molar-refractivity contribution in [2.45, 2.75) is 6.42 Å². The van der Waals surface area contributed by atoms with E-state index in [1.165, 1.54) is 35.5 Å². The van der Waals surface area contributed by atoms with E-state index < -0.39 is 11.7 Å². The lowest BCUT2D eigenvalue weighted by Crippen LogP contribution is -2.32. The third-order valence-corrected chi connectivity index (χ3v) is 4.73. The summed E-state index contributed by atoms with van der Waals surface area (Å²) in [7, 11) is 0. The van der Waals surface area contributed by atoms with Gasteiger partial charge < -0.3 is 20.4 Å². The molecule has 3 rings (SSSR count). The van der Waals surface area contributed by atoms with Gasteiger partial charge in [0.15, 0.2) is 11.6 Å². The van der Waals surface area contributed by atoms with Gasteiger partial charge in [0.05, 0.1) is 11.9 Å². The molecule has 0 saturated heterocycles. The van der Waals surface area contributed by atoms with Gasteiger partial charge in [0, 0.05) is 50.0 Å². The van der Waals surface area contributed by atoms with Crippen LogP contribution in [0.5, 0.6) is 0 Å². The van der Waals surface area contributed by atoms with E-state index in [0.29, 0.717) is 24.9 Å². The van der Waals surface area contributed by atoms with Gasteiger partial charge in [-0.3, -0.25) is 9.89 Å². The number of hydrogen-bond donors (Lipinski definition) is 4. The molecule has 1 amide bonds. The fraction of sp³-hybridized carbons (Fsp3) is 0.286. The third-order valence-electron chi connectivity index (χ3n) is 4.73. The molecule has 31 heavy (non-hydrogen) atoms. The molecule has 4 N–H and O–H groups in total. The number of halogens is 2. The van der Waals surface area contributed by atoms with Gasteiger partial charge in [0.2, 0.25) is 6.41 Å². The van der Waals surface area contributed by atoms with E-state index >= 15 is 0 Å². The second-order valence-corrected chi connectivity index (χ2v) is 6.97. The molecule has 8 nitrogen and oxygen atoms in total. The fourth-order valence-corrected chi connectivity index (χ4v) is 3.08. The normalized spacial score (nSPS) is 11.0. The van der Waals surface area contributed by atoms with Crippen LogP contribution in [0.25, 0.3) is 11.3 Å². The summed E-state index contributed by atoms with van der Waals surface area (Å²) in [4.78, 5) is 17.2. The maximum absolute atomic E-state index is 14.8. The maximum atomic E-state index is 14.8. The summed E-state index contributed by atoms with van der Waals surface area (Å²) in [5, 5.41) is 28.2. The Kier molecular flexibility index (Phi) is 7.63. The van der Waals surface area contributed by atoms with Crippen LogP contribution in [-0.2, 0) is 11.2 Å². The summed E-state index contributed by atoms with van der Waals surface area (Å²) in [6, 6.07) is 7.34. The van der Waals surface area contributed by atoms with E-state index in [2.05, 4.69) is 20.5 Å². The zero-order chi connectivity index (χ0) is 22.2. The molecule has 0 bridgehead atoms. The average molecular weight is 431 g/mol. The van der Waals surface area contributed by atoms with Gasteiger partial charge in [0.1, 0.15) is 11.5 Å².